The zero-order chi connectivity index (χ0) is 9.84. The Hall–Kier alpha value is -1.02. The highest BCUT2D eigenvalue weighted by atomic mass is 35.5. The maximum atomic E-state index is 11.2. The topological polar surface area (TPSA) is 26.3 Å². The van der Waals surface area contributed by atoms with Gasteiger partial charge in [-0.2, -0.15) is 0 Å². The van der Waals surface area contributed by atoms with E-state index in [0.29, 0.717) is 10.8 Å². The SMILES string of the molecule is CC(C)C(=O)Oc1ccccc1Cl. The maximum Gasteiger partial charge on any atom is 0.313 e. The molecule has 2 nitrogen and oxygen atoms in total. The monoisotopic (exact) mass is 198 g/mol. The highest BCUT2D eigenvalue weighted by Gasteiger charge is 2.10. The predicted octanol–water partition coefficient (Wildman–Crippen LogP) is 2.90. The summed E-state index contributed by atoms with van der Waals surface area (Å²) in [6.45, 7) is 3.55. The molecular formula is C10H11ClO2. The predicted molar refractivity (Wildman–Crippen MR) is 51.9 cm³/mol. The van der Waals surface area contributed by atoms with Crippen molar-refractivity contribution in [1.82, 2.24) is 0 Å². The first-order valence-corrected chi connectivity index (χ1v) is 4.45. The van der Waals surface area contributed by atoms with Crippen LogP contribution in [0.2, 0.25) is 5.02 Å². The fourth-order valence-corrected chi connectivity index (χ4v) is 0.928. The van der Waals surface area contributed by atoms with Gasteiger partial charge in [0.2, 0.25) is 0 Å². The van der Waals surface area contributed by atoms with Crippen molar-refractivity contribution in [1.29, 1.82) is 0 Å². The van der Waals surface area contributed by atoms with Crippen molar-refractivity contribution in [2.24, 2.45) is 5.92 Å². The molecule has 0 bridgehead atoms. The number of benzene rings is 1. The molecule has 0 unspecified atom stereocenters. The van der Waals surface area contributed by atoms with E-state index in [1.165, 1.54) is 0 Å². The molecule has 1 aromatic rings. The van der Waals surface area contributed by atoms with E-state index in [1.54, 1.807) is 38.1 Å². The molecule has 0 aliphatic heterocycles. The van der Waals surface area contributed by atoms with Crippen LogP contribution in [0.5, 0.6) is 5.75 Å². The largest absolute Gasteiger partial charge is 0.425 e. The van der Waals surface area contributed by atoms with E-state index in [0.717, 1.165) is 0 Å². The van der Waals surface area contributed by atoms with E-state index in [1.807, 2.05) is 0 Å². The average Bonchev–Trinajstić information content (AvgIpc) is 2.08. The molecule has 0 atom stereocenters. The number of carbonyl (C=O) groups is 1. The molecule has 0 radical (unpaired) electrons. The molecular weight excluding hydrogens is 188 g/mol. The fraction of sp³-hybridized carbons (Fsp3) is 0.300. The summed E-state index contributed by atoms with van der Waals surface area (Å²) in [7, 11) is 0. The summed E-state index contributed by atoms with van der Waals surface area (Å²) in [6, 6.07) is 6.91. The summed E-state index contributed by atoms with van der Waals surface area (Å²) in [6.07, 6.45) is 0. The van der Waals surface area contributed by atoms with Crippen molar-refractivity contribution < 1.29 is 9.53 Å². The Morgan fingerprint density at radius 3 is 2.54 bits per heavy atom. The molecule has 1 aromatic carbocycles. The van der Waals surface area contributed by atoms with Crippen LogP contribution in [-0.2, 0) is 4.79 Å². The highest BCUT2D eigenvalue weighted by molar-refractivity contribution is 6.32. The summed E-state index contributed by atoms with van der Waals surface area (Å²) in [5.74, 6) is 0.00670. The third kappa shape index (κ3) is 2.74. The van der Waals surface area contributed by atoms with Gasteiger partial charge < -0.3 is 4.74 Å². The lowest BCUT2D eigenvalue weighted by atomic mass is 10.2. The number of halogens is 1. The van der Waals surface area contributed by atoms with Gasteiger partial charge in [-0.3, -0.25) is 4.79 Å². The number of hydrogen-bond acceptors (Lipinski definition) is 2. The van der Waals surface area contributed by atoms with Gasteiger partial charge in [0.25, 0.3) is 0 Å². The van der Waals surface area contributed by atoms with Crippen LogP contribution in [0.4, 0.5) is 0 Å². The number of ether oxygens (including phenoxy) is 1. The lowest BCUT2D eigenvalue weighted by molar-refractivity contribution is -0.137. The Labute approximate surface area is 82.5 Å². The standard InChI is InChI=1S/C10H11ClO2/c1-7(2)10(12)13-9-6-4-3-5-8(9)11/h3-7H,1-2H3. The first kappa shape index (κ1) is 10.1. The molecule has 3 heteroatoms. The minimum atomic E-state index is -0.270. The quantitative estimate of drug-likeness (QED) is 0.540. The van der Waals surface area contributed by atoms with Crippen molar-refractivity contribution in [3.8, 4) is 5.75 Å². The smallest absolute Gasteiger partial charge is 0.313 e. The van der Waals surface area contributed by atoms with Crippen LogP contribution in [-0.4, -0.2) is 5.97 Å². The molecule has 0 heterocycles. The first-order valence-electron chi connectivity index (χ1n) is 4.07. The van der Waals surface area contributed by atoms with Crippen molar-refractivity contribution >= 4 is 17.6 Å². The molecule has 0 aliphatic rings. The van der Waals surface area contributed by atoms with Crippen LogP contribution in [0.15, 0.2) is 24.3 Å². The number of esters is 1. The second kappa shape index (κ2) is 4.28. The molecule has 0 aliphatic carbocycles. The Balaban J connectivity index is 2.75. The Morgan fingerprint density at radius 2 is 2.00 bits per heavy atom. The molecule has 0 N–H and O–H groups in total. The summed E-state index contributed by atoms with van der Waals surface area (Å²) < 4.78 is 5.04. The molecule has 0 amide bonds. The number of hydrogen-bond donors (Lipinski definition) is 0. The molecule has 0 fully saturated rings. The van der Waals surface area contributed by atoms with E-state index in [9.17, 15) is 4.79 Å². The minimum Gasteiger partial charge on any atom is -0.425 e. The van der Waals surface area contributed by atoms with Gasteiger partial charge in [-0.05, 0) is 12.1 Å². The summed E-state index contributed by atoms with van der Waals surface area (Å²) >= 11 is 5.80. The van der Waals surface area contributed by atoms with Gasteiger partial charge in [0.05, 0.1) is 10.9 Å². The van der Waals surface area contributed by atoms with Crippen LogP contribution < -0.4 is 4.74 Å². The van der Waals surface area contributed by atoms with E-state index >= 15 is 0 Å². The van der Waals surface area contributed by atoms with Gasteiger partial charge in [-0.1, -0.05) is 37.6 Å². The van der Waals surface area contributed by atoms with Gasteiger partial charge in [0, 0.05) is 0 Å². The van der Waals surface area contributed by atoms with Gasteiger partial charge in [-0.15, -0.1) is 0 Å². The van der Waals surface area contributed by atoms with Crippen molar-refractivity contribution in [3.63, 3.8) is 0 Å². The summed E-state index contributed by atoms with van der Waals surface area (Å²) in [5, 5.41) is 0.455. The zero-order valence-corrected chi connectivity index (χ0v) is 8.34. The molecule has 0 saturated carbocycles. The van der Waals surface area contributed by atoms with Crippen molar-refractivity contribution in [2.75, 3.05) is 0 Å². The lowest BCUT2D eigenvalue weighted by Gasteiger charge is -2.07. The van der Waals surface area contributed by atoms with E-state index in [4.69, 9.17) is 16.3 Å². The summed E-state index contributed by atoms with van der Waals surface area (Å²) in [4.78, 5) is 11.2. The fourth-order valence-electron chi connectivity index (χ4n) is 0.754. The second-order valence-corrected chi connectivity index (χ2v) is 3.41. The number of para-hydroxylation sites is 1. The lowest BCUT2D eigenvalue weighted by Crippen LogP contribution is -2.14. The van der Waals surface area contributed by atoms with Crippen LogP contribution in [0, 0.1) is 5.92 Å². The van der Waals surface area contributed by atoms with Gasteiger partial charge in [0.1, 0.15) is 5.75 Å². The van der Waals surface area contributed by atoms with Crippen molar-refractivity contribution in [2.45, 2.75) is 13.8 Å². The highest BCUT2D eigenvalue weighted by Crippen LogP contribution is 2.23. The molecule has 0 aromatic heterocycles. The number of carbonyl (C=O) groups excluding carboxylic acids is 1. The van der Waals surface area contributed by atoms with E-state index in [2.05, 4.69) is 0 Å². The van der Waals surface area contributed by atoms with E-state index < -0.39 is 0 Å². The first-order chi connectivity index (χ1) is 6.11. The van der Waals surface area contributed by atoms with Gasteiger partial charge >= 0.3 is 5.97 Å². The average molecular weight is 199 g/mol. The van der Waals surface area contributed by atoms with Gasteiger partial charge in [-0.25, -0.2) is 0 Å². The van der Waals surface area contributed by atoms with Gasteiger partial charge in [0.15, 0.2) is 0 Å². The van der Waals surface area contributed by atoms with E-state index in [-0.39, 0.29) is 11.9 Å². The third-order valence-electron chi connectivity index (χ3n) is 1.52. The maximum absolute atomic E-state index is 11.2. The minimum absolute atomic E-state index is 0.142. The molecule has 70 valence electrons. The zero-order valence-electron chi connectivity index (χ0n) is 7.58. The van der Waals surface area contributed by atoms with Crippen molar-refractivity contribution in [3.05, 3.63) is 29.3 Å². The van der Waals surface area contributed by atoms with Crippen LogP contribution >= 0.6 is 11.6 Å². The van der Waals surface area contributed by atoms with Crippen LogP contribution in [0.1, 0.15) is 13.8 Å². The Kier molecular flexibility index (Phi) is 3.32. The summed E-state index contributed by atoms with van der Waals surface area (Å²) in [5.41, 5.74) is 0. The van der Waals surface area contributed by atoms with Crippen LogP contribution in [0.25, 0.3) is 0 Å². The number of rotatable bonds is 2. The Bertz CT molecular complexity index is 308. The van der Waals surface area contributed by atoms with Crippen LogP contribution in [0.3, 0.4) is 0 Å². The molecule has 13 heavy (non-hydrogen) atoms. The second-order valence-electron chi connectivity index (χ2n) is 3.01. The molecule has 0 spiro atoms. The molecule has 1 rings (SSSR count). The third-order valence-corrected chi connectivity index (χ3v) is 1.83. The molecule has 0 saturated heterocycles. The Morgan fingerprint density at radius 1 is 1.38 bits per heavy atom. The normalized spacial score (nSPS) is 10.2.